The van der Waals surface area contributed by atoms with Crippen LogP contribution in [-0.4, -0.2) is 32.2 Å². The van der Waals surface area contributed by atoms with Gasteiger partial charge in [0, 0.05) is 12.0 Å². The lowest BCUT2D eigenvalue weighted by Crippen LogP contribution is -2.37. The fourth-order valence-electron chi connectivity index (χ4n) is 6.55. The molecule has 1 heterocycles. The van der Waals surface area contributed by atoms with E-state index in [0.29, 0.717) is 18.1 Å². The molecule has 1 N–H and O–H groups in total. The molecule has 1 aromatic rings. The van der Waals surface area contributed by atoms with Gasteiger partial charge >= 0.3 is 5.97 Å². The highest BCUT2D eigenvalue weighted by Crippen LogP contribution is 2.65. The van der Waals surface area contributed by atoms with Gasteiger partial charge in [0.1, 0.15) is 11.6 Å². The summed E-state index contributed by atoms with van der Waals surface area (Å²) in [7, 11) is 1.59. The van der Waals surface area contributed by atoms with Crippen LogP contribution < -0.4 is 5.32 Å². The standard InChI is InChI=1S/C22H29NO4S/c1-26-6-7-27-20(24)18-16-4-2-3-5-17(16)28-19(18)23-21(25)22-11-13-8-14(12-22)10-15(22)9-13/h13-15H,2-12H2,1H3,(H,23,25). The molecular formula is C22H29NO4S. The summed E-state index contributed by atoms with van der Waals surface area (Å²) >= 11 is 1.60. The van der Waals surface area contributed by atoms with Crippen LogP contribution >= 0.6 is 11.3 Å². The number of hydrogen-bond donors (Lipinski definition) is 1. The van der Waals surface area contributed by atoms with Gasteiger partial charge in [-0.05, 0) is 81.1 Å². The molecule has 0 saturated heterocycles. The summed E-state index contributed by atoms with van der Waals surface area (Å²) in [6.45, 7) is 0.621. The summed E-state index contributed by atoms with van der Waals surface area (Å²) in [5.41, 5.74) is 1.52. The van der Waals surface area contributed by atoms with Crippen LogP contribution in [0.25, 0.3) is 0 Å². The number of anilines is 1. The molecule has 2 unspecified atom stereocenters. The number of esters is 1. The Morgan fingerprint density at radius 2 is 1.86 bits per heavy atom. The minimum Gasteiger partial charge on any atom is -0.460 e. The lowest BCUT2D eigenvalue weighted by molar-refractivity contribution is -0.127. The molecule has 5 aliphatic carbocycles. The minimum atomic E-state index is -0.318. The van der Waals surface area contributed by atoms with Crippen molar-refractivity contribution in [3.8, 4) is 0 Å². The number of methoxy groups -OCH3 is 1. The average molecular weight is 404 g/mol. The number of ether oxygens (including phenoxy) is 2. The number of amides is 1. The molecule has 4 bridgehead atoms. The first kappa shape index (κ1) is 18.6. The normalized spacial score (nSPS) is 32.4. The molecule has 0 aliphatic heterocycles. The Kier molecular flexibility index (Phi) is 4.74. The van der Waals surface area contributed by atoms with E-state index in [0.717, 1.165) is 60.9 Å². The van der Waals surface area contributed by atoms with Crippen molar-refractivity contribution < 1.29 is 19.1 Å². The van der Waals surface area contributed by atoms with Crippen molar-refractivity contribution in [2.75, 3.05) is 25.6 Å². The van der Waals surface area contributed by atoms with Crippen LogP contribution in [0, 0.1) is 23.2 Å². The second-order valence-corrected chi connectivity index (χ2v) is 10.3. The number of rotatable bonds is 6. The second-order valence-electron chi connectivity index (χ2n) is 9.20. The zero-order valence-electron chi connectivity index (χ0n) is 16.6. The van der Waals surface area contributed by atoms with E-state index in [1.54, 1.807) is 18.4 Å². The summed E-state index contributed by atoms with van der Waals surface area (Å²) in [5.74, 6) is 1.85. The monoisotopic (exact) mass is 403 g/mol. The lowest BCUT2D eigenvalue weighted by Gasteiger charge is -2.31. The Hall–Kier alpha value is -1.40. The first-order valence-electron chi connectivity index (χ1n) is 10.7. The Balaban J connectivity index is 1.41. The van der Waals surface area contributed by atoms with Gasteiger partial charge in [-0.15, -0.1) is 11.3 Å². The van der Waals surface area contributed by atoms with Gasteiger partial charge in [0.25, 0.3) is 0 Å². The van der Waals surface area contributed by atoms with E-state index in [9.17, 15) is 9.59 Å². The third kappa shape index (κ3) is 2.91. The summed E-state index contributed by atoms with van der Waals surface area (Å²) in [6, 6.07) is 0. The van der Waals surface area contributed by atoms with Crippen LogP contribution in [-0.2, 0) is 27.1 Å². The Labute approximate surface area is 170 Å². The lowest BCUT2D eigenvalue weighted by atomic mass is 9.75. The highest BCUT2D eigenvalue weighted by atomic mass is 32.1. The maximum Gasteiger partial charge on any atom is 0.341 e. The predicted molar refractivity (Wildman–Crippen MR) is 108 cm³/mol. The first-order valence-corrected chi connectivity index (χ1v) is 11.5. The summed E-state index contributed by atoms with van der Waals surface area (Å²) in [4.78, 5) is 27.5. The summed E-state index contributed by atoms with van der Waals surface area (Å²) in [5, 5.41) is 3.95. The number of carbonyl (C=O) groups excluding carboxylic acids is 2. The van der Waals surface area contributed by atoms with Crippen LogP contribution in [0.1, 0.15) is 65.7 Å². The Morgan fingerprint density at radius 1 is 1.11 bits per heavy atom. The fourth-order valence-corrected chi connectivity index (χ4v) is 7.83. The molecule has 6 heteroatoms. The van der Waals surface area contributed by atoms with E-state index >= 15 is 0 Å². The van der Waals surface area contributed by atoms with Gasteiger partial charge in [-0.1, -0.05) is 0 Å². The quantitative estimate of drug-likeness (QED) is 0.571. The zero-order valence-corrected chi connectivity index (χ0v) is 17.4. The number of thiophene rings is 1. The van der Waals surface area contributed by atoms with E-state index in [4.69, 9.17) is 9.47 Å². The van der Waals surface area contributed by atoms with Crippen molar-refractivity contribution >= 4 is 28.2 Å². The zero-order chi connectivity index (χ0) is 19.3. The van der Waals surface area contributed by atoms with Crippen LogP contribution in [0.3, 0.4) is 0 Å². The van der Waals surface area contributed by atoms with E-state index in [2.05, 4.69) is 5.32 Å². The molecule has 6 rings (SSSR count). The van der Waals surface area contributed by atoms with Gasteiger partial charge in [-0.25, -0.2) is 4.79 Å². The van der Waals surface area contributed by atoms with Crippen LogP contribution in [0.2, 0.25) is 0 Å². The third-order valence-electron chi connectivity index (χ3n) is 7.57. The molecule has 5 aliphatic rings. The SMILES string of the molecule is COCCOC(=O)c1c(NC(=O)C23CC4CC(CC2C4)C3)sc2c1CCCC2. The van der Waals surface area contributed by atoms with Crippen LogP contribution in [0.4, 0.5) is 5.00 Å². The largest absolute Gasteiger partial charge is 0.460 e. The van der Waals surface area contributed by atoms with Gasteiger partial charge in [0.15, 0.2) is 0 Å². The van der Waals surface area contributed by atoms with Gasteiger partial charge in [-0.2, -0.15) is 0 Å². The molecule has 28 heavy (non-hydrogen) atoms. The average Bonchev–Trinajstić information content (AvgIpc) is 3.25. The number of fused-ring (bicyclic) bond motifs is 1. The molecule has 152 valence electrons. The van der Waals surface area contributed by atoms with Crippen molar-refractivity contribution in [2.24, 2.45) is 23.2 Å². The molecule has 2 atom stereocenters. The number of nitrogens with one attached hydrogen (secondary N) is 1. The van der Waals surface area contributed by atoms with Gasteiger partial charge < -0.3 is 14.8 Å². The maximum atomic E-state index is 13.5. The summed E-state index contributed by atoms with van der Waals surface area (Å²) < 4.78 is 10.4. The van der Waals surface area contributed by atoms with E-state index in [-0.39, 0.29) is 23.9 Å². The molecule has 0 radical (unpaired) electrons. The minimum absolute atomic E-state index is 0.159. The van der Waals surface area contributed by atoms with Crippen molar-refractivity contribution in [1.29, 1.82) is 0 Å². The molecule has 5 nitrogen and oxygen atoms in total. The van der Waals surface area contributed by atoms with Crippen molar-refractivity contribution in [3.63, 3.8) is 0 Å². The van der Waals surface area contributed by atoms with E-state index in [1.807, 2.05) is 0 Å². The second kappa shape index (κ2) is 7.13. The number of carbonyl (C=O) groups is 2. The number of aryl methyl sites for hydroxylation is 1. The van der Waals surface area contributed by atoms with Crippen molar-refractivity contribution in [1.82, 2.24) is 0 Å². The molecule has 0 spiro atoms. The number of hydrogen-bond acceptors (Lipinski definition) is 5. The summed E-state index contributed by atoms with van der Waals surface area (Å²) in [6.07, 6.45) is 9.96. The Morgan fingerprint density at radius 3 is 2.61 bits per heavy atom. The van der Waals surface area contributed by atoms with Crippen molar-refractivity contribution in [2.45, 2.75) is 57.8 Å². The first-order chi connectivity index (χ1) is 13.6. The highest BCUT2D eigenvalue weighted by molar-refractivity contribution is 7.17. The third-order valence-corrected chi connectivity index (χ3v) is 8.77. The van der Waals surface area contributed by atoms with Gasteiger partial charge in [0.05, 0.1) is 17.6 Å². The Bertz CT molecular complexity index is 787. The van der Waals surface area contributed by atoms with Crippen molar-refractivity contribution in [3.05, 3.63) is 16.0 Å². The highest BCUT2D eigenvalue weighted by Gasteiger charge is 2.61. The van der Waals surface area contributed by atoms with Gasteiger partial charge in [-0.3, -0.25) is 4.79 Å². The fraction of sp³-hybridized carbons (Fsp3) is 0.727. The molecule has 0 aromatic carbocycles. The maximum absolute atomic E-state index is 13.5. The molecule has 4 saturated carbocycles. The molecule has 1 aromatic heterocycles. The topological polar surface area (TPSA) is 64.6 Å². The molecule has 1 amide bonds. The van der Waals surface area contributed by atoms with E-state index < -0.39 is 0 Å². The van der Waals surface area contributed by atoms with E-state index in [1.165, 1.54) is 24.1 Å². The predicted octanol–water partition coefficient (Wildman–Crippen LogP) is 4.19. The smallest absolute Gasteiger partial charge is 0.341 e. The van der Waals surface area contributed by atoms with Crippen LogP contribution in [0.15, 0.2) is 0 Å². The molecule has 4 fully saturated rings. The molecular weight excluding hydrogens is 374 g/mol. The van der Waals surface area contributed by atoms with Gasteiger partial charge in [0.2, 0.25) is 5.91 Å². The van der Waals surface area contributed by atoms with Crippen LogP contribution in [0.5, 0.6) is 0 Å².